The number of rotatable bonds is 4. The van der Waals surface area contributed by atoms with Gasteiger partial charge in [0.25, 0.3) is 0 Å². The average Bonchev–Trinajstić information content (AvgIpc) is 3.21. The Morgan fingerprint density at radius 2 is 2.10 bits per heavy atom. The smallest absolute Gasteiger partial charge is 0.234 e. The number of nitrogens with zero attached hydrogens (tertiary/aromatic N) is 1. The Morgan fingerprint density at radius 3 is 2.81 bits per heavy atom. The van der Waals surface area contributed by atoms with E-state index < -0.39 is 0 Å². The van der Waals surface area contributed by atoms with Gasteiger partial charge in [-0.05, 0) is 36.8 Å². The maximum absolute atomic E-state index is 12.2. The summed E-state index contributed by atoms with van der Waals surface area (Å²) in [6, 6.07) is 8.95. The number of carbonyl (C=O) groups excluding carboxylic acids is 1. The van der Waals surface area contributed by atoms with E-state index in [4.69, 9.17) is 0 Å². The van der Waals surface area contributed by atoms with Crippen molar-refractivity contribution in [2.24, 2.45) is 5.92 Å². The van der Waals surface area contributed by atoms with Crippen LogP contribution in [-0.2, 0) is 16.8 Å². The highest BCUT2D eigenvalue weighted by molar-refractivity contribution is 5.78. The third-order valence-electron chi connectivity index (χ3n) is 4.84. The van der Waals surface area contributed by atoms with E-state index in [1.807, 2.05) is 0 Å². The summed E-state index contributed by atoms with van der Waals surface area (Å²) in [7, 11) is 0. The van der Waals surface area contributed by atoms with E-state index in [0.29, 0.717) is 18.5 Å². The lowest BCUT2D eigenvalue weighted by Crippen LogP contribution is -2.47. The van der Waals surface area contributed by atoms with Crippen molar-refractivity contribution in [1.29, 1.82) is 0 Å². The minimum absolute atomic E-state index is 0.108. The molecule has 1 fully saturated rings. The molecule has 3 nitrogen and oxygen atoms in total. The lowest BCUT2D eigenvalue weighted by atomic mass is 9.78. The fraction of sp³-hybridized carbons (Fsp3) is 0.611. The van der Waals surface area contributed by atoms with Gasteiger partial charge in [-0.1, -0.05) is 38.1 Å². The zero-order chi connectivity index (χ0) is 15.0. The molecule has 0 spiro atoms. The molecule has 1 aliphatic heterocycles. The van der Waals surface area contributed by atoms with Crippen molar-refractivity contribution in [1.82, 2.24) is 10.2 Å². The van der Waals surface area contributed by atoms with Crippen LogP contribution in [0.15, 0.2) is 24.3 Å². The zero-order valence-electron chi connectivity index (χ0n) is 13.4. The van der Waals surface area contributed by atoms with Gasteiger partial charge in [0.2, 0.25) is 5.91 Å². The van der Waals surface area contributed by atoms with Gasteiger partial charge in [0.15, 0.2) is 0 Å². The molecule has 1 heterocycles. The quantitative estimate of drug-likeness (QED) is 0.923. The van der Waals surface area contributed by atoms with Gasteiger partial charge in [0.05, 0.1) is 6.54 Å². The molecule has 3 rings (SSSR count). The number of fused-ring (bicyclic) bond motifs is 1. The standard InChI is InChI=1S/C18H26N2O/c1-13(14-8-9-14)19-17(21)11-20-10-15-6-4-5-7-16(15)18(2,3)12-20/h4-7,13-14H,8-12H2,1-3H3,(H,19,21)/t13-/m0/s1. The van der Waals surface area contributed by atoms with Crippen molar-refractivity contribution >= 4 is 5.91 Å². The number of amides is 1. The molecular weight excluding hydrogens is 260 g/mol. The fourth-order valence-corrected chi connectivity index (χ4v) is 3.59. The second kappa shape index (κ2) is 5.45. The first kappa shape index (κ1) is 14.6. The first-order chi connectivity index (χ1) is 9.95. The second-order valence-corrected chi connectivity index (χ2v) is 7.38. The SMILES string of the molecule is C[C@H](NC(=O)CN1Cc2ccccc2C(C)(C)C1)C1CC1. The highest BCUT2D eigenvalue weighted by Gasteiger charge is 2.33. The summed E-state index contributed by atoms with van der Waals surface area (Å²) >= 11 is 0. The van der Waals surface area contributed by atoms with Crippen molar-refractivity contribution in [3.8, 4) is 0 Å². The minimum Gasteiger partial charge on any atom is -0.352 e. The summed E-state index contributed by atoms with van der Waals surface area (Å²) in [5.74, 6) is 0.886. The van der Waals surface area contributed by atoms with E-state index in [1.54, 1.807) is 0 Å². The van der Waals surface area contributed by atoms with Crippen LogP contribution in [-0.4, -0.2) is 29.9 Å². The summed E-state index contributed by atoms with van der Waals surface area (Å²) in [4.78, 5) is 14.5. The molecule has 1 aromatic rings. The van der Waals surface area contributed by atoms with E-state index in [1.165, 1.54) is 24.0 Å². The van der Waals surface area contributed by atoms with Gasteiger partial charge >= 0.3 is 0 Å². The molecule has 0 bridgehead atoms. The van der Waals surface area contributed by atoms with E-state index in [2.05, 4.69) is 55.3 Å². The normalized spacial score (nSPS) is 22.4. The number of benzene rings is 1. The third kappa shape index (κ3) is 3.29. The van der Waals surface area contributed by atoms with Gasteiger partial charge < -0.3 is 5.32 Å². The van der Waals surface area contributed by atoms with Crippen LogP contribution in [0.1, 0.15) is 44.7 Å². The van der Waals surface area contributed by atoms with Gasteiger partial charge in [-0.3, -0.25) is 9.69 Å². The number of hydrogen-bond acceptors (Lipinski definition) is 2. The molecule has 114 valence electrons. The van der Waals surface area contributed by atoms with Crippen LogP contribution >= 0.6 is 0 Å². The molecule has 1 saturated carbocycles. The lowest BCUT2D eigenvalue weighted by Gasteiger charge is -2.39. The largest absolute Gasteiger partial charge is 0.352 e. The fourth-order valence-electron chi connectivity index (χ4n) is 3.59. The molecule has 1 aliphatic carbocycles. The number of hydrogen-bond donors (Lipinski definition) is 1. The molecule has 2 aliphatic rings. The van der Waals surface area contributed by atoms with Crippen molar-refractivity contribution in [2.45, 2.75) is 51.6 Å². The number of carbonyl (C=O) groups is 1. The first-order valence-electron chi connectivity index (χ1n) is 8.06. The Kier molecular flexibility index (Phi) is 3.78. The summed E-state index contributed by atoms with van der Waals surface area (Å²) in [5, 5.41) is 3.16. The Balaban J connectivity index is 1.63. The molecule has 0 aromatic heterocycles. The Hall–Kier alpha value is -1.35. The Bertz CT molecular complexity index is 534. The van der Waals surface area contributed by atoms with E-state index in [9.17, 15) is 4.79 Å². The van der Waals surface area contributed by atoms with E-state index in [-0.39, 0.29) is 11.3 Å². The molecule has 3 heteroatoms. The van der Waals surface area contributed by atoms with Crippen LogP contribution in [0.4, 0.5) is 0 Å². The predicted molar refractivity (Wildman–Crippen MR) is 85.1 cm³/mol. The molecule has 21 heavy (non-hydrogen) atoms. The van der Waals surface area contributed by atoms with Crippen molar-refractivity contribution in [3.63, 3.8) is 0 Å². The maximum atomic E-state index is 12.2. The number of nitrogens with one attached hydrogen (secondary N) is 1. The first-order valence-corrected chi connectivity index (χ1v) is 8.06. The monoisotopic (exact) mass is 286 g/mol. The van der Waals surface area contributed by atoms with Crippen LogP contribution < -0.4 is 5.32 Å². The predicted octanol–water partition coefficient (Wildman–Crippen LogP) is 2.69. The Morgan fingerprint density at radius 1 is 1.38 bits per heavy atom. The topological polar surface area (TPSA) is 32.3 Å². The van der Waals surface area contributed by atoms with E-state index in [0.717, 1.165) is 13.1 Å². The molecule has 0 saturated heterocycles. The minimum atomic E-state index is 0.108. The van der Waals surface area contributed by atoms with Crippen molar-refractivity contribution in [3.05, 3.63) is 35.4 Å². The highest BCUT2D eigenvalue weighted by atomic mass is 16.2. The van der Waals surface area contributed by atoms with E-state index >= 15 is 0 Å². The molecule has 0 unspecified atom stereocenters. The second-order valence-electron chi connectivity index (χ2n) is 7.38. The summed E-state index contributed by atoms with van der Waals surface area (Å²) < 4.78 is 0. The van der Waals surface area contributed by atoms with Crippen LogP contribution in [0.2, 0.25) is 0 Å². The Labute approximate surface area is 127 Å². The van der Waals surface area contributed by atoms with Gasteiger partial charge in [-0.2, -0.15) is 0 Å². The lowest BCUT2D eigenvalue weighted by molar-refractivity contribution is -0.123. The molecule has 1 amide bonds. The molecule has 1 atom stereocenters. The average molecular weight is 286 g/mol. The van der Waals surface area contributed by atoms with Crippen LogP contribution in [0, 0.1) is 5.92 Å². The zero-order valence-corrected chi connectivity index (χ0v) is 13.4. The molecule has 1 aromatic carbocycles. The molecular formula is C18H26N2O. The summed E-state index contributed by atoms with van der Waals surface area (Å²) in [6.07, 6.45) is 2.54. The maximum Gasteiger partial charge on any atom is 0.234 e. The summed E-state index contributed by atoms with van der Waals surface area (Å²) in [5.41, 5.74) is 2.89. The van der Waals surface area contributed by atoms with Gasteiger partial charge in [0, 0.05) is 24.5 Å². The van der Waals surface area contributed by atoms with Gasteiger partial charge in [-0.25, -0.2) is 0 Å². The van der Waals surface area contributed by atoms with Crippen molar-refractivity contribution in [2.75, 3.05) is 13.1 Å². The highest BCUT2D eigenvalue weighted by Crippen LogP contribution is 2.33. The molecule has 0 radical (unpaired) electrons. The van der Waals surface area contributed by atoms with Gasteiger partial charge in [-0.15, -0.1) is 0 Å². The third-order valence-corrected chi connectivity index (χ3v) is 4.84. The van der Waals surface area contributed by atoms with Crippen LogP contribution in [0.5, 0.6) is 0 Å². The molecule has 1 N–H and O–H groups in total. The van der Waals surface area contributed by atoms with Crippen LogP contribution in [0.3, 0.4) is 0 Å². The van der Waals surface area contributed by atoms with Gasteiger partial charge in [0.1, 0.15) is 0 Å². The van der Waals surface area contributed by atoms with Crippen molar-refractivity contribution < 1.29 is 4.79 Å². The summed E-state index contributed by atoms with van der Waals surface area (Å²) in [6.45, 7) is 8.99. The van der Waals surface area contributed by atoms with Crippen LogP contribution in [0.25, 0.3) is 0 Å².